The standard InChI is InChI=1S/C15H22N2O5S2/c1-22-14-5-7-15(8-6-14)24(20,21)16-11-9-12-3-4-13(10-11)17(12)23(2,18)19/h5-8,11-13,16H,3-4,9-10H2,1-2H3. The molecular formula is C15H22N2O5S2. The fourth-order valence-electron chi connectivity index (χ4n) is 3.81. The van der Waals surface area contributed by atoms with Crippen molar-refractivity contribution in [3.63, 3.8) is 0 Å². The molecular weight excluding hydrogens is 352 g/mol. The molecule has 0 saturated carbocycles. The molecule has 2 aliphatic heterocycles. The Labute approximate surface area is 143 Å². The van der Waals surface area contributed by atoms with E-state index in [1.54, 1.807) is 16.4 Å². The molecule has 134 valence electrons. The van der Waals surface area contributed by atoms with Crippen LogP contribution in [0.4, 0.5) is 0 Å². The summed E-state index contributed by atoms with van der Waals surface area (Å²) in [5.74, 6) is 0.591. The van der Waals surface area contributed by atoms with Crippen LogP contribution >= 0.6 is 0 Å². The maximum absolute atomic E-state index is 12.5. The van der Waals surface area contributed by atoms with Crippen LogP contribution in [0.25, 0.3) is 0 Å². The lowest BCUT2D eigenvalue weighted by Crippen LogP contribution is -2.51. The molecule has 2 atom stereocenters. The number of hydrogen-bond donors (Lipinski definition) is 1. The molecule has 2 saturated heterocycles. The van der Waals surface area contributed by atoms with Gasteiger partial charge in [-0.15, -0.1) is 0 Å². The van der Waals surface area contributed by atoms with Gasteiger partial charge in [-0.3, -0.25) is 0 Å². The number of benzene rings is 1. The van der Waals surface area contributed by atoms with E-state index < -0.39 is 20.0 Å². The van der Waals surface area contributed by atoms with Crippen LogP contribution in [0.5, 0.6) is 5.75 Å². The predicted molar refractivity (Wildman–Crippen MR) is 89.8 cm³/mol. The van der Waals surface area contributed by atoms with E-state index in [0.717, 1.165) is 12.8 Å². The van der Waals surface area contributed by atoms with Gasteiger partial charge >= 0.3 is 0 Å². The lowest BCUT2D eigenvalue weighted by Gasteiger charge is -2.37. The van der Waals surface area contributed by atoms with Crippen LogP contribution in [-0.2, 0) is 20.0 Å². The average molecular weight is 374 g/mol. The molecule has 0 spiro atoms. The van der Waals surface area contributed by atoms with Crippen LogP contribution in [0.15, 0.2) is 29.2 Å². The monoisotopic (exact) mass is 374 g/mol. The third-order valence-corrected chi connectivity index (χ3v) is 7.64. The molecule has 0 aliphatic carbocycles. The molecule has 9 heteroatoms. The number of nitrogens with one attached hydrogen (secondary N) is 1. The maximum atomic E-state index is 12.5. The molecule has 0 aromatic heterocycles. The quantitative estimate of drug-likeness (QED) is 0.828. The van der Waals surface area contributed by atoms with Crippen molar-refractivity contribution in [2.45, 2.75) is 48.7 Å². The fourth-order valence-corrected chi connectivity index (χ4v) is 6.54. The number of methoxy groups -OCH3 is 1. The first kappa shape index (κ1) is 17.7. The second-order valence-corrected chi connectivity index (χ2v) is 10.0. The van der Waals surface area contributed by atoms with Crippen molar-refractivity contribution in [3.05, 3.63) is 24.3 Å². The molecule has 2 fully saturated rings. The molecule has 0 amide bonds. The van der Waals surface area contributed by atoms with Gasteiger partial charge in [0.05, 0.1) is 18.3 Å². The Balaban J connectivity index is 1.73. The van der Waals surface area contributed by atoms with Gasteiger partial charge in [-0.1, -0.05) is 0 Å². The molecule has 1 aromatic rings. The van der Waals surface area contributed by atoms with Crippen LogP contribution < -0.4 is 9.46 Å². The zero-order valence-corrected chi connectivity index (χ0v) is 15.3. The van der Waals surface area contributed by atoms with E-state index in [0.29, 0.717) is 18.6 Å². The van der Waals surface area contributed by atoms with Crippen molar-refractivity contribution in [1.29, 1.82) is 0 Å². The van der Waals surface area contributed by atoms with Gasteiger partial charge < -0.3 is 4.74 Å². The van der Waals surface area contributed by atoms with E-state index >= 15 is 0 Å². The number of rotatable bonds is 5. The van der Waals surface area contributed by atoms with Crippen molar-refractivity contribution >= 4 is 20.0 Å². The van der Waals surface area contributed by atoms with E-state index in [1.807, 2.05) is 0 Å². The van der Waals surface area contributed by atoms with Crippen LogP contribution in [-0.4, -0.2) is 52.6 Å². The number of hydrogen-bond acceptors (Lipinski definition) is 5. The Morgan fingerprint density at radius 1 is 1.04 bits per heavy atom. The van der Waals surface area contributed by atoms with Crippen molar-refractivity contribution < 1.29 is 21.6 Å². The lowest BCUT2D eigenvalue weighted by atomic mass is 10.0. The summed E-state index contributed by atoms with van der Waals surface area (Å²) in [6, 6.07) is 5.75. The highest BCUT2D eigenvalue weighted by atomic mass is 32.2. The van der Waals surface area contributed by atoms with Gasteiger partial charge in [0.1, 0.15) is 5.75 Å². The molecule has 1 N–H and O–H groups in total. The van der Waals surface area contributed by atoms with Crippen molar-refractivity contribution in [1.82, 2.24) is 9.03 Å². The zero-order chi connectivity index (χ0) is 17.5. The number of piperidine rings is 1. The lowest BCUT2D eigenvalue weighted by molar-refractivity contribution is 0.221. The maximum Gasteiger partial charge on any atom is 0.240 e. The Morgan fingerprint density at radius 3 is 2.04 bits per heavy atom. The number of fused-ring (bicyclic) bond motifs is 2. The van der Waals surface area contributed by atoms with Gasteiger partial charge in [-0.2, -0.15) is 4.31 Å². The van der Waals surface area contributed by atoms with E-state index in [9.17, 15) is 16.8 Å². The molecule has 0 radical (unpaired) electrons. The van der Waals surface area contributed by atoms with E-state index in [-0.39, 0.29) is 23.0 Å². The van der Waals surface area contributed by atoms with Crippen molar-refractivity contribution in [2.75, 3.05) is 13.4 Å². The zero-order valence-electron chi connectivity index (χ0n) is 13.7. The largest absolute Gasteiger partial charge is 0.497 e. The number of sulfonamides is 2. The number of ether oxygens (including phenoxy) is 1. The first-order valence-electron chi connectivity index (χ1n) is 7.85. The van der Waals surface area contributed by atoms with Gasteiger partial charge in [0.25, 0.3) is 0 Å². The van der Waals surface area contributed by atoms with Crippen molar-refractivity contribution in [3.8, 4) is 5.75 Å². The van der Waals surface area contributed by atoms with E-state index in [4.69, 9.17) is 4.74 Å². The smallest absolute Gasteiger partial charge is 0.240 e. The highest BCUT2D eigenvalue weighted by molar-refractivity contribution is 7.89. The summed E-state index contributed by atoms with van der Waals surface area (Å²) in [4.78, 5) is 0.182. The highest BCUT2D eigenvalue weighted by Crippen LogP contribution is 2.37. The van der Waals surface area contributed by atoms with Gasteiger partial charge in [0, 0.05) is 18.1 Å². The predicted octanol–water partition coefficient (Wildman–Crippen LogP) is 0.929. The van der Waals surface area contributed by atoms with Crippen LogP contribution in [0.1, 0.15) is 25.7 Å². The SMILES string of the molecule is COc1ccc(S(=O)(=O)NC2CC3CCC(C2)N3S(C)(=O)=O)cc1. The summed E-state index contributed by atoms with van der Waals surface area (Å²) in [7, 11) is -5.36. The Bertz CT molecular complexity index is 791. The van der Waals surface area contributed by atoms with E-state index in [1.165, 1.54) is 25.5 Å². The normalized spacial score (nSPS) is 28.0. The third-order valence-electron chi connectivity index (χ3n) is 4.74. The number of nitrogens with zero attached hydrogens (tertiary/aromatic N) is 1. The summed E-state index contributed by atoms with van der Waals surface area (Å²) in [5.41, 5.74) is 0. The van der Waals surface area contributed by atoms with Crippen molar-refractivity contribution in [2.24, 2.45) is 0 Å². The second kappa shape index (κ2) is 6.29. The van der Waals surface area contributed by atoms with Gasteiger partial charge in [-0.05, 0) is 49.9 Å². The summed E-state index contributed by atoms with van der Waals surface area (Å²) in [6.45, 7) is 0. The van der Waals surface area contributed by atoms with Gasteiger partial charge in [-0.25, -0.2) is 21.6 Å². The summed E-state index contributed by atoms with van der Waals surface area (Å²) in [5, 5.41) is 0. The molecule has 1 aromatic carbocycles. The first-order chi connectivity index (χ1) is 11.2. The summed E-state index contributed by atoms with van der Waals surface area (Å²) < 4.78 is 58.2. The van der Waals surface area contributed by atoms with Gasteiger partial charge in [0.2, 0.25) is 20.0 Å². The minimum absolute atomic E-state index is 0.109. The Morgan fingerprint density at radius 2 is 1.58 bits per heavy atom. The minimum atomic E-state index is -3.63. The topological polar surface area (TPSA) is 92.8 Å². The second-order valence-electron chi connectivity index (χ2n) is 6.44. The Hall–Kier alpha value is -1.16. The van der Waals surface area contributed by atoms with Gasteiger partial charge in [0.15, 0.2) is 0 Å². The minimum Gasteiger partial charge on any atom is -0.497 e. The van der Waals surface area contributed by atoms with Crippen LogP contribution in [0, 0.1) is 0 Å². The first-order valence-corrected chi connectivity index (χ1v) is 11.2. The average Bonchev–Trinajstić information content (AvgIpc) is 2.79. The van der Waals surface area contributed by atoms with E-state index in [2.05, 4.69) is 4.72 Å². The molecule has 2 bridgehead atoms. The van der Waals surface area contributed by atoms with Crippen LogP contribution in [0.3, 0.4) is 0 Å². The summed E-state index contributed by atoms with van der Waals surface area (Å²) in [6.07, 6.45) is 3.83. The fraction of sp³-hybridized carbons (Fsp3) is 0.600. The molecule has 2 aliphatic rings. The summed E-state index contributed by atoms with van der Waals surface area (Å²) >= 11 is 0. The third kappa shape index (κ3) is 3.44. The molecule has 3 rings (SSSR count). The van der Waals surface area contributed by atoms with Crippen LogP contribution in [0.2, 0.25) is 0 Å². The Kier molecular flexibility index (Phi) is 4.63. The highest BCUT2D eigenvalue weighted by Gasteiger charge is 2.45. The molecule has 24 heavy (non-hydrogen) atoms. The molecule has 7 nitrogen and oxygen atoms in total. The molecule has 2 heterocycles. The molecule has 2 unspecified atom stereocenters.